The number of halogens is 2. The van der Waals surface area contributed by atoms with E-state index >= 15 is 0 Å². The first-order valence-electron chi connectivity index (χ1n) is 13.8. The number of hydrogen-bond donors (Lipinski definition) is 0. The fraction of sp³-hybridized carbons (Fsp3) is 0.517. The van der Waals surface area contributed by atoms with E-state index in [0.717, 1.165) is 31.5 Å². The number of piperidine rings is 1. The molecule has 2 aromatic carbocycles. The molecule has 2 atom stereocenters. The molecule has 0 N–H and O–H groups in total. The van der Waals surface area contributed by atoms with Crippen LogP contribution in [-0.4, -0.2) is 91.9 Å². The smallest absolute Gasteiger partial charge is 0.410 e. The Bertz CT molecular complexity index is 1300. The lowest BCUT2D eigenvalue weighted by Gasteiger charge is -2.39. The second-order valence-electron chi connectivity index (χ2n) is 11.1. The lowest BCUT2D eigenvalue weighted by atomic mass is 9.93. The maximum atomic E-state index is 13.7. The van der Waals surface area contributed by atoms with Crippen LogP contribution in [0.4, 0.5) is 9.18 Å². The molecule has 3 aliphatic heterocycles. The Balaban J connectivity index is 1.25. The molecule has 8 nitrogen and oxygen atoms in total. The Labute approximate surface area is 239 Å². The summed E-state index contributed by atoms with van der Waals surface area (Å²) in [4.78, 5) is 32.5. The third kappa shape index (κ3) is 6.61. The molecule has 3 fully saturated rings. The first-order chi connectivity index (χ1) is 19.1. The minimum atomic E-state index is -2.91. The van der Waals surface area contributed by atoms with Crippen LogP contribution < -0.4 is 4.74 Å². The zero-order chi connectivity index (χ0) is 28.4. The van der Waals surface area contributed by atoms with Crippen LogP contribution in [0.5, 0.6) is 5.75 Å². The molecule has 11 heteroatoms. The van der Waals surface area contributed by atoms with Gasteiger partial charge in [0.1, 0.15) is 21.4 Å². The second-order valence-corrected chi connectivity index (χ2v) is 13.8. The molecule has 3 heterocycles. The molecule has 0 radical (unpaired) electrons. The summed E-state index contributed by atoms with van der Waals surface area (Å²) in [6, 6.07) is 12.7. The highest BCUT2D eigenvalue weighted by Crippen LogP contribution is 2.34. The van der Waals surface area contributed by atoms with E-state index in [1.165, 1.54) is 29.2 Å². The van der Waals surface area contributed by atoms with E-state index in [0.29, 0.717) is 31.0 Å². The number of amides is 2. The summed E-state index contributed by atoms with van der Waals surface area (Å²) in [5.41, 5.74) is 0.980. The van der Waals surface area contributed by atoms with Gasteiger partial charge in [0, 0.05) is 43.0 Å². The summed E-state index contributed by atoms with van der Waals surface area (Å²) in [6.07, 6.45) is 2.22. The Morgan fingerprint density at radius 2 is 1.57 bits per heavy atom. The molecular formula is C29H35ClFN3O5S. The average Bonchev–Trinajstić information content (AvgIpc) is 3.39. The van der Waals surface area contributed by atoms with E-state index in [9.17, 15) is 22.4 Å². The maximum Gasteiger partial charge on any atom is 0.415 e. The molecule has 3 saturated heterocycles. The monoisotopic (exact) mass is 591 g/mol. The highest BCUT2D eigenvalue weighted by molar-refractivity contribution is 7.91. The van der Waals surface area contributed by atoms with Crippen molar-refractivity contribution in [2.75, 3.05) is 44.7 Å². The van der Waals surface area contributed by atoms with Crippen molar-refractivity contribution in [1.29, 1.82) is 0 Å². The number of likely N-dealkylation sites (tertiary alicyclic amines) is 2. The van der Waals surface area contributed by atoms with E-state index in [1.54, 1.807) is 7.05 Å². The van der Waals surface area contributed by atoms with Crippen molar-refractivity contribution in [3.63, 3.8) is 0 Å². The number of carbonyl (C=O) groups is 2. The average molecular weight is 592 g/mol. The normalized spacial score (nSPS) is 24.1. The largest absolute Gasteiger partial charge is 0.415 e. The number of sulfone groups is 1. The van der Waals surface area contributed by atoms with Gasteiger partial charge in [-0.15, -0.1) is 0 Å². The summed E-state index contributed by atoms with van der Waals surface area (Å²) in [5, 5.41) is 0.609. The fourth-order valence-corrected chi connectivity index (χ4v) is 7.81. The van der Waals surface area contributed by atoms with Crippen molar-refractivity contribution in [3.05, 3.63) is 64.9 Å². The Morgan fingerprint density at radius 1 is 0.950 bits per heavy atom. The van der Waals surface area contributed by atoms with Gasteiger partial charge in [0.25, 0.3) is 0 Å². The number of benzene rings is 2. The summed E-state index contributed by atoms with van der Waals surface area (Å²) in [5.74, 6) is 0.172. The zero-order valence-electron chi connectivity index (χ0n) is 22.5. The van der Waals surface area contributed by atoms with Crippen LogP contribution >= 0.6 is 11.6 Å². The molecule has 0 spiro atoms. The highest BCUT2D eigenvalue weighted by Gasteiger charge is 2.43. The number of likely N-dealkylation sites (N-methyl/N-ethyl adjacent to an activating group) is 1. The van der Waals surface area contributed by atoms with E-state index < -0.39 is 21.7 Å². The molecule has 0 bridgehead atoms. The Morgan fingerprint density at radius 3 is 2.20 bits per heavy atom. The summed E-state index contributed by atoms with van der Waals surface area (Å²) in [6.45, 7) is 2.41. The lowest BCUT2D eigenvalue weighted by Crippen LogP contribution is -2.48. The van der Waals surface area contributed by atoms with Crippen LogP contribution in [0.3, 0.4) is 0 Å². The molecule has 2 aromatic rings. The molecule has 216 valence electrons. The van der Waals surface area contributed by atoms with Gasteiger partial charge in [-0.3, -0.25) is 4.79 Å². The molecule has 2 amide bonds. The molecule has 0 aliphatic carbocycles. The predicted molar refractivity (Wildman–Crippen MR) is 151 cm³/mol. The van der Waals surface area contributed by atoms with Gasteiger partial charge in [-0.05, 0) is 80.7 Å². The zero-order valence-corrected chi connectivity index (χ0v) is 24.1. The van der Waals surface area contributed by atoms with E-state index in [1.807, 2.05) is 29.2 Å². The van der Waals surface area contributed by atoms with Crippen molar-refractivity contribution in [2.45, 2.75) is 43.7 Å². The number of nitrogens with zero attached hydrogens (tertiary/aromatic N) is 3. The van der Waals surface area contributed by atoms with Gasteiger partial charge in [0.2, 0.25) is 5.91 Å². The highest BCUT2D eigenvalue weighted by atomic mass is 35.5. The minimum Gasteiger partial charge on any atom is -0.410 e. The summed E-state index contributed by atoms with van der Waals surface area (Å²) >= 11 is 6.12. The van der Waals surface area contributed by atoms with Crippen molar-refractivity contribution >= 4 is 33.4 Å². The third-order valence-electron chi connectivity index (χ3n) is 8.62. The lowest BCUT2D eigenvalue weighted by molar-refractivity contribution is -0.136. The maximum absolute atomic E-state index is 13.7. The molecule has 0 aromatic heterocycles. The van der Waals surface area contributed by atoms with Gasteiger partial charge in [-0.1, -0.05) is 23.7 Å². The predicted octanol–water partition coefficient (Wildman–Crippen LogP) is 4.19. The fourth-order valence-electron chi connectivity index (χ4n) is 6.22. The van der Waals surface area contributed by atoms with E-state index in [2.05, 4.69) is 4.90 Å². The van der Waals surface area contributed by atoms with E-state index in [-0.39, 0.29) is 47.1 Å². The van der Waals surface area contributed by atoms with Crippen LogP contribution in [-0.2, 0) is 14.6 Å². The number of carbonyl (C=O) groups excluding carboxylic acids is 2. The standard InChI is InChI=1S/C29H35ClFN3O5S/c1-32(29(36)39-25-8-6-23(31)7-9-25)27-19-34(18-26(27)20-2-4-22(30)5-3-20)28(35)21-10-14-33(15-11-21)24-12-16-40(37,38)17-13-24/h2-9,21,24,26-27H,10-19H2,1H3. The van der Waals surface area contributed by atoms with E-state index in [4.69, 9.17) is 16.3 Å². The van der Waals surface area contributed by atoms with Crippen molar-refractivity contribution in [3.8, 4) is 5.75 Å². The Kier molecular flexibility index (Phi) is 8.68. The van der Waals surface area contributed by atoms with Gasteiger partial charge >= 0.3 is 6.09 Å². The van der Waals surface area contributed by atoms with Crippen molar-refractivity contribution in [1.82, 2.24) is 14.7 Å². The van der Waals surface area contributed by atoms with Crippen LogP contribution in [0.25, 0.3) is 0 Å². The van der Waals surface area contributed by atoms with Crippen LogP contribution in [0.2, 0.25) is 5.02 Å². The summed E-state index contributed by atoms with van der Waals surface area (Å²) in [7, 11) is -1.24. The van der Waals surface area contributed by atoms with Gasteiger partial charge in [-0.25, -0.2) is 17.6 Å². The SMILES string of the molecule is CN(C(=O)Oc1ccc(F)cc1)C1CN(C(=O)C2CCN(C3CCS(=O)(=O)CC3)CC2)CC1c1ccc(Cl)cc1. The molecule has 5 rings (SSSR count). The molecular weight excluding hydrogens is 557 g/mol. The number of hydrogen-bond acceptors (Lipinski definition) is 6. The van der Waals surface area contributed by atoms with Crippen molar-refractivity contribution < 1.29 is 27.1 Å². The topological polar surface area (TPSA) is 87.2 Å². The molecule has 40 heavy (non-hydrogen) atoms. The first kappa shape index (κ1) is 28.8. The second kappa shape index (κ2) is 12.0. The van der Waals surface area contributed by atoms with Gasteiger partial charge < -0.3 is 19.4 Å². The van der Waals surface area contributed by atoms with Gasteiger partial charge in [0.15, 0.2) is 0 Å². The molecule has 3 aliphatic rings. The third-order valence-corrected chi connectivity index (χ3v) is 10.6. The van der Waals surface area contributed by atoms with Gasteiger partial charge in [-0.2, -0.15) is 0 Å². The number of ether oxygens (including phenoxy) is 1. The number of rotatable bonds is 5. The van der Waals surface area contributed by atoms with Crippen LogP contribution in [0.1, 0.15) is 37.2 Å². The quantitative estimate of drug-likeness (QED) is 0.518. The first-order valence-corrected chi connectivity index (χ1v) is 16.0. The van der Waals surface area contributed by atoms with Crippen LogP contribution in [0, 0.1) is 11.7 Å². The van der Waals surface area contributed by atoms with Crippen LogP contribution in [0.15, 0.2) is 48.5 Å². The summed E-state index contributed by atoms with van der Waals surface area (Å²) < 4.78 is 42.4. The minimum absolute atomic E-state index is 0.0904. The Hall–Kier alpha value is -2.69. The molecule has 0 saturated carbocycles. The molecule has 2 unspecified atom stereocenters. The van der Waals surface area contributed by atoms with Crippen molar-refractivity contribution in [2.24, 2.45) is 5.92 Å². The van der Waals surface area contributed by atoms with Gasteiger partial charge in [0.05, 0.1) is 17.5 Å².